The van der Waals surface area contributed by atoms with Crippen LogP contribution >= 0.6 is 0 Å². The monoisotopic (exact) mass is 409 g/mol. The van der Waals surface area contributed by atoms with Crippen molar-refractivity contribution in [3.05, 3.63) is 90.4 Å². The normalized spacial score (nSPS) is 13.7. The lowest BCUT2D eigenvalue weighted by atomic mass is 10.0. The molecule has 7 nitrogen and oxygen atoms in total. The molecule has 0 aliphatic carbocycles. The van der Waals surface area contributed by atoms with E-state index in [0.29, 0.717) is 42.5 Å². The Morgan fingerprint density at radius 3 is 2.32 bits per heavy atom. The van der Waals surface area contributed by atoms with Gasteiger partial charge in [-0.1, -0.05) is 42.5 Å². The van der Waals surface area contributed by atoms with Crippen molar-refractivity contribution in [1.29, 1.82) is 0 Å². The van der Waals surface area contributed by atoms with Gasteiger partial charge in [-0.3, -0.25) is 9.78 Å². The van der Waals surface area contributed by atoms with Crippen molar-refractivity contribution in [3.8, 4) is 23.0 Å². The minimum atomic E-state index is 0.0371. The molecule has 0 unspecified atom stereocenters. The first kappa shape index (κ1) is 18.9. The summed E-state index contributed by atoms with van der Waals surface area (Å²) in [7, 11) is 0. The topological polar surface area (TPSA) is 85.0 Å². The standard InChI is InChI=1S/C24H19N5O2/c30-24(19-9-5-2-6-10-19)29-13-11-17(12-14-29)20-15-25-16-21(26-20)23-28-27-22(31-23)18-7-3-1-4-8-18/h1-11,15-16H,12-14H2. The molecular formula is C24H19N5O2. The maximum Gasteiger partial charge on any atom is 0.268 e. The minimum absolute atomic E-state index is 0.0371. The maximum absolute atomic E-state index is 12.6. The molecule has 1 aliphatic heterocycles. The summed E-state index contributed by atoms with van der Waals surface area (Å²) in [5.74, 6) is 0.801. The lowest BCUT2D eigenvalue weighted by molar-refractivity contribution is 0.0773. The van der Waals surface area contributed by atoms with Crippen LogP contribution in [0.3, 0.4) is 0 Å². The van der Waals surface area contributed by atoms with Gasteiger partial charge in [0.2, 0.25) is 5.89 Å². The largest absolute Gasteiger partial charge is 0.415 e. The molecule has 1 amide bonds. The Bertz CT molecular complexity index is 1240. The van der Waals surface area contributed by atoms with Crippen molar-refractivity contribution >= 4 is 11.5 Å². The van der Waals surface area contributed by atoms with E-state index in [2.05, 4.69) is 20.2 Å². The van der Waals surface area contributed by atoms with Gasteiger partial charge in [0.05, 0.1) is 18.1 Å². The van der Waals surface area contributed by atoms with Gasteiger partial charge in [0.1, 0.15) is 5.69 Å². The molecule has 0 N–H and O–H groups in total. The van der Waals surface area contributed by atoms with E-state index < -0.39 is 0 Å². The van der Waals surface area contributed by atoms with Crippen LogP contribution < -0.4 is 0 Å². The Morgan fingerprint density at radius 2 is 1.58 bits per heavy atom. The molecule has 0 fully saturated rings. The molecule has 0 radical (unpaired) electrons. The van der Waals surface area contributed by atoms with E-state index in [1.54, 1.807) is 12.4 Å². The molecule has 31 heavy (non-hydrogen) atoms. The number of nitrogens with zero attached hydrogens (tertiary/aromatic N) is 5. The molecule has 7 heteroatoms. The van der Waals surface area contributed by atoms with Crippen molar-refractivity contribution in [2.45, 2.75) is 6.42 Å². The number of benzene rings is 2. The highest BCUT2D eigenvalue weighted by Crippen LogP contribution is 2.25. The Balaban J connectivity index is 1.34. The molecule has 2 aromatic carbocycles. The van der Waals surface area contributed by atoms with Gasteiger partial charge in [-0.05, 0) is 36.3 Å². The highest BCUT2D eigenvalue weighted by molar-refractivity contribution is 5.94. The minimum Gasteiger partial charge on any atom is -0.415 e. The number of hydrogen-bond donors (Lipinski definition) is 0. The summed E-state index contributed by atoms with van der Waals surface area (Å²) in [4.78, 5) is 23.5. The highest BCUT2D eigenvalue weighted by Gasteiger charge is 2.20. The molecule has 1 aliphatic rings. The Hall–Kier alpha value is -4.13. The summed E-state index contributed by atoms with van der Waals surface area (Å²) in [5.41, 5.74) is 3.88. The molecular weight excluding hydrogens is 390 g/mol. The number of rotatable bonds is 4. The Kier molecular flexibility index (Phi) is 5.06. The number of amides is 1. The van der Waals surface area contributed by atoms with E-state index in [1.807, 2.05) is 71.6 Å². The van der Waals surface area contributed by atoms with Crippen LogP contribution in [0.5, 0.6) is 0 Å². The van der Waals surface area contributed by atoms with Gasteiger partial charge in [0.15, 0.2) is 0 Å². The van der Waals surface area contributed by atoms with Crippen molar-refractivity contribution in [3.63, 3.8) is 0 Å². The van der Waals surface area contributed by atoms with E-state index in [9.17, 15) is 4.79 Å². The third-order valence-electron chi connectivity index (χ3n) is 5.15. The maximum atomic E-state index is 12.6. The first-order valence-corrected chi connectivity index (χ1v) is 10.0. The summed E-state index contributed by atoms with van der Waals surface area (Å²) < 4.78 is 5.80. The van der Waals surface area contributed by atoms with Crippen LogP contribution in [0.4, 0.5) is 0 Å². The predicted octanol–water partition coefficient (Wildman–Crippen LogP) is 4.12. The van der Waals surface area contributed by atoms with Crippen molar-refractivity contribution in [2.24, 2.45) is 0 Å². The van der Waals surface area contributed by atoms with Gasteiger partial charge >= 0.3 is 0 Å². The molecule has 4 aromatic rings. The summed E-state index contributed by atoms with van der Waals surface area (Å²) >= 11 is 0. The quantitative estimate of drug-likeness (QED) is 0.504. The van der Waals surface area contributed by atoms with Gasteiger partial charge < -0.3 is 9.32 Å². The fourth-order valence-electron chi connectivity index (χ4n) is 3.50. The van der Waals surface area contributed by atoms with Gasteiger partial charge in [-0.2, -0.15) is 0 Å². The highest BCUT2D eigenvalue weighted by atomic mass is 16.4. The summed E-state index contributed by atoms with van der Waals surface area (Å²) in [6.45, 7) is 1.16. The van der Waals surface area contributed by atoms with Crippen LogP contribution in [-0.2, 0) is 0 Å². The Labute approximate surface area is 179 Å². The molecule has 2 aromatic heterocycles. The zero-order valence-corrected chi connectivity index (χ0v) is 16.7. The van der Waals surface area contributed by atoms with Crippen molar-refractivity contribution in [2.75, 3.05) is 13.1 Å². The van der Waals surface area contributed by atoms with Gasteiger partial charge in [-0.15, -0.1) is 10.2 Å². The Morgan fingerprint density at radius 1 is 0.871 bits per heavy atom. The summed E-state index contributed by atoms with van der Waals surface area (Å²) in [6, 6.07) is 18.9. The molecule has 5 rings (SSSR count). The SMILES string of the molecule is O=C(c1ccccc1)N1CC=C(c2cncc(-c3nnc(-c4ccccc4)o3)n2)CC1. The fourth-order valence-corrected chi connectivity index (χ4v) is 3.50. The molecule has 0 spiro atoms. The summed E-state index contributed by atoms with van der Waals surface area (Å²) in [5, 5.41) is 8.25. The van der Waals surface area contributed by atoms with Crippen LogP contribution in [0.2, 0.25) is 0 Å². The molecule has 0 saturated heterocycles. The van der Waals surface area contributed by atoms with E-state index in [0.717, 1.165) is 16.8 Å². The second-order valence-corrected chi connectivity index (χ2v) is 7.16. The zero-order chi connectivity index (χ0) is 21.0. The van der Waals surface area contributed by atoms with Crippen LogP contribution in [0.25, 0.3) is 28.6 Å². The number of aromatic nitrogens is 4. The first-order valence-electron chi connectivity index (χ1n) is 10.0. The molecule has 0 saturated carbocycles. The molecule has 3 heterocycles. The fraction of sp³-hybridized carbons (Fsp3) is 0.125. The van der Waals surface area contributed by atoms with E-state index in [1.165, 1.54) is 0 Å². The van der Waals surface area contributed by atoms with Crippen molar-refractivity contribution in [1.82, 2.24) is 25.1 Å². The van der Waals surface area contributed by atoms with Crippen LogP contribution in [0, 0.1) is 0 Å². The first-order chi connectivity index (χ1) is 15.3. The molecule has 152 valence electrons. The average Bonchev–Trinajstić information content (AvgIpc) is 3.35. The van der Waals surface area contributed by atoms with E-state index in [4.69, 9.17) is 4.42 Å². The zero-order valence-electron chi connectivity index (χ0n) is 16.7. The lowest BCUT2D eigenvalue weighted by Crippen LogP contribution is -2.34. The lowest BCUT2D eigenvalue weighted by Gasteiger charge is -2.26. The van der Waals surface area contributed by atoms with Crippen LogP contribution in [-0.4, -0.2) is 44.1 Å². The van der Waals surface area contributed by atoms with Gasteiger partial charge in [-0.25, -0.2) is 4.98 Å². The third-order valence-corrected chi connectivity index (χ3v) is 5.15. The van der Waals surface area contributed by atoms with Crippen molar-refractivity contribution < 1.29 is 9.21 Å². The van der Waals surface area contributed by atoms with Crippen LogP contribution in [0.1, 0.15) is 22.5 Å². The van der Waals surface area contributed by atoms with Crippen LogP contribution in [0.15, 0.2) is 83.6 Å². The molecule has 0 bridgehead atoms. The van der Waals surface area contributed by atoms with Gasteiger partial charge in [0.25, 0.3) is 11.8 Å². The predicted molar refractivity (Wildman–Crippen MR) is 116 cm³/mol. The average molecular weight is 409 g/mol. The smallest absolute Gasteiger partial charge is 0.268 e. The number of hydrogen-bond acceptors (Lipinski definition) is 6. The second kappa shape index (κ2) is 8.31. The third kappa shape index (κ3) is 3.98. The van der Waals surface area contributed by atoms with Gasteiger partial charge in [0, 0.05) is 24.2 Å². The number of carbonyl (C=O) groups is 1. The molecule has 0 atom stereocenters. The second-order valence-electron chi connectivity index (χ2n) is 7.16. The van der Waals surface area contributed by atoms with E-state index in [-0.39, 0.29) is 5.91 Å². The van der Waals surface area contributed by atoms with E-state index >= 15 is 0 Å². The number of carbonyl (C=O) groups excluding carboxylic acids is 1. The summed E-state index contributed by atoms with van der Waals surface area (Å²) in [6.07, 6.45) is 6.07.